The summed E-state index contributed by atoms with van der Waals surface area (Å²) >= 11 is 0. The van der Waals surface area contributed by atoms with E-state index in [9.17, 15) is 13.2 Å². The third-order valence-electron chi connectivity index (χ3n) is 2.44. The van der Waals surface area contributed by atoms with Crippen LogP contribution in [0.3, 0.4) is 0 Å². The first kappa shape index (κ1) is 14.7. The predicted octanol–water partition coefficient (Wildman–Crippen LogP) is 0.509. The fourth-order valence-electron chi connectivity index (χ4n) is 1.41. The Hall–Kier alpha value is -1.40. The zero-order chi connectivity index (χ0) is 13.9. The fraction of sp³-hybridized carbons (Fsp3) is 0.417. The van der Waals surface area contributed by atoms with Gasteiger partial charge >= 0.3 is 0 Å². The molecule has 0 aliphatic carbocycles. The number of aryl methyl sites for hydroxylation is 1. The number of amides is 1. The van der Waals surface area contributed by atoms with Gasteiger partial charge in [0, 0.05) is 18.4 Å². The number of hydrogen-bond acceptors (Lipinski definition) is 4. The average molecular weight is 271 g/mol. The van der Waals surface area contributed by atoms with Crippen molar-refractivity contribution in [3.05, 3.63) is 29.3 Å². The fourth-order valence-corrected chi connectivity index (χ4v) is 2.06. The van der Waals surface area contributed by atoms with Crippen LogP contribution in [0.4, 0.5) is 0 Å². The molecule has 1 atom stereocenters. The lowest BCUT2D eigenvalue weighted by Crippen LogP contribution is -2.31. The van der Waals surface area contributed by atoms with Gasteiger partial charge in [0.2, 0.25) is 0 Å². The zero-order valence-corrected chi connectivity index (χ0v) is 11.4. The van der Waals surface area contributed by atoms with Crippen molar-refractivity contribution in [3.8, 4) is 0 Å². The van der Waals surface area contributed by atoms with Gasteiger partial charge in [0.05, 0.1) is 11.0 Å². The van der Waals surface area contributed by atoms with E-state index in [1.165, 1.54) is 12.1 Å². The highest BCUT2D eigenvalue weighted by Gasteiger charge is 2.14. The van der Waals surface area contributed by atoms with Crippen LogP contribution in [0.5, 0.6) is 0 Å². The van der Waals surface area contributed by atoms with Crippen LogP contribution in [0.2, 0.25) is 0 Å². The molecule has 6 heteroatoms. The topological polar surface area (TPSA) is 83.5 Å². The molecular weight excluding hydrogens is 254 g/mol. The first-order valence-electron chi connectivity index (χ1n) is 5.49. The number of sulfone groups is 1. The largest absolute Gasteiger partial charge is 0.392 e. The van der Waals surface area contributed by atoms with Crippen LogP contribution in [-0.4, -0.2) is 38.3 Å². The number of hydrogen-bond donors (Lipinski definition) is 2. The van der Waals surface area contributed by atoms with Crippen molar-refractivity contribution >= 4 is 15.7 Å². The minimum absolute atomic E-state index is 0.107. The number of aliphatic hydroxyl groups is 1. The summed E-state index contributed by atoms with van der Waals surface area (Å²) in [5, 5.41) is 11.6. The van der Waals surface area contributed by atoms with Gasteiger partial charge in [-0.15, -0.1) is 0 Å². The second kappa shape index (κ2) is 5.49. The summed E-state index contributed by atoms with van der Waals surface area (Å²) in [6.45, 7) is 3.41. The summed E-state index contributed by atoms with van der Waals surface area (Å²) in [5.74, 6) is -0.390. The van der Waals surface area contributed by atoms with E-state index >= 15 is 0 Å². The van der Waals surface area contributed by atoms with Gasteiger partial charge in [-0.3, -0.25) is 4.79 Å². The van der Waals surface area contributed by atoms with Gasteiger partial charge < -0.3 is 10.4 Å². The van der Waals surface area contributed by atoms with Crippen molar-refractivity contribution in [1.82, 2.24) is 5.32 Å². The number of aliphatic hydroxyl groups excluding tert-OH is 1. The summed E-state index contributed by atoms with van der Waals surface area (Å²) in [5.41, 5.74) is 0.990. The minimum Gasteiger partial charge on any atom is -0.392 e. The maximum Gasteiger partial charge on any atom is 0.251 e. The SMILES string of the molecule is Cc1ccc(S(C)(=O)=O)cc1C(=O)NC[C@H](C)O. The normalized spacial score (nSPS) is 13.1. The monoisotopic (exact) mass is 271 g/mol. The van der Waals surface area contributed by atoms with E-state index in [1.54, 1.807) is 19.9 Å². The van der Waals surface area contributed by atoms with Gasteiger partial charge in [-0.2, -0.15) is 0 Å². The summed E-state index contributed by atoms with van der Waals surface area (Å²) in [7, 11) is -3.34. The average Bonchev–Trinajstić information content (AvgIpc) is 2.24. The van der Waals surface area contributed by atoms with Gasteiger partial charge in [-0.25, -0.2) is 8.42 Å². The van der Waals surface area contributed by atoms with E-state index in [-0.39, 0.29) is 17.3 Å². The van der Waals surface area contributed by atoms with E-state index in [0.29, 0.717) is 11.1 Å². The molecule has 100 valence electrons. The molecule has 1 aromatic rings. The smallest absolute Gasteiger partial charge is 0.251 e. The molecule has 5 nitrogen and oxygen atoms in total. The lowest BCUT2D eigenvalue weighted by molar-refractivity contribution is 0.0923. The van der Waals surface area contributed by atoms with Crippen molar-refractivity contribution in [2.24, 2.45) is 0 Å². The molecule has 0 fully saturated rings. The predicted molar refractivity (Wildman–Crippen MR) is 68.3 cm³/mol. The Morgan fingerprint density at radius 2 is 2.06 bits per heavy atom. The molecular formula is C12H17NO4S. The van der Waals surface area contributed by atoms with Crippen molar-refractivity contribution in [2.75, 3.05) is 12.8 Å². The third kappa shape index (κ3) is 3.82. The first-order chi connectivity index (χ1) is 8.21. The Kier molecular flexibility index (Phi) is 4.48. The van der Waals surface area contributed by atoms with Gasteiger partial charge in [0.15, 0.2) is 9.84 Å². The summed E-state index contributed by atoms with van der Waals surface area (Å²) < 4.78 is 22.8. The van der Waals surface area contributed by atoms with E-state index in [4.69, 9.17) is 5.11 Å². The lowest BCUT2D eigenvalue weighted by Gasteiger charge is -2.10. The summed E-state index contributed by atoms with van der Waals surface area (Å²) in [6, 6.07) is 4.41. The van der Waals surface area contributed by atoms with Crippen molar-refractivity contribution in [1.29, 1.82) is 0 Å². The lowest BCUT2D eigenvalue weighted by atomic mass is 10.1. The molecule has 0 unspecified atom stereocenters. The van der Waals surface area contributed by atoms with Crippen LogP contribution < -0.4 is 5.32 Å². The van der Waals surface area contributed by atoms with Crippen molar-refractivity contribution < 1.29 is 18.3 Å². The molecule has 0 aliphatic heterocycles. The Labute approximate surface area is 107 Å². The third-order valence-corrected chi connectivity index (χ3v) is 3.55. The molecule has 0 saturated heterocycles. The number of rotatable bonds is 4. The van der Waals surface area contributed by atoms with Crippen LogP contribution in [0.15, 0.2) is 23.1 Å². The Balaban J connectivity index is 3.05. The van der Waals surface area contributed by atoms with E-state index < -0.39 is 15.9 Å². The zero-order valence-electron chi connectivity index (χ0n) is 10.6. The van der Waals surface area contributed by atoms with Crippen LogP contribution in [-0.2, 0) is 9.84 Å². The molecule has 0 spiro atoms. The number of carbonyl (C=O) groups is 1. The van der Waals surface area contributed by atoms with E-state index in [1.807, 2.05) is 0 Å². The van der Waals surface area contributed by atoms with Gasteiger partial charge in [0.1, 0.15) is 0 Å². The Morgan fingerprint density at radius 3 is 2.56 bits per heavy atom. The molecule has 0 heterocycles. The van der Waals surface area contributed by atoms with Crippen LogP contribution in [0.25, 0.3) is 0 Å². The molecule has 1 rings (SSSR count). The molecule has 0 saturated carbocycles. The molecule has 1 aromatic carbocycles. The van der Waals surface area contributed by atoms with Gasteiger partial charge in [-0.05, 0) is 31.5 Å². The minimum atomic E-state index is -3.34. The highest BCUT2D eigenvalue weighted by molar-refractivity contribution is 7.90. The van der Waals surface area contributed by atoms with E-state index in [2.05, 4.69) is 5.32 Å². The number of carbonyl (C=O) groups excluding carboxylic acids is 1. The molecule has 0 aliphatic rings. The van der Waals surface area contributed by atoms with Crippen molar-refractivity contribution in [3.63, 3.8) is 0 Å². The van der Waals surface area contributed by atoms with Crippen LogP contribution >= 0.6 is 0 Å². The number of benzene rings is 1. The first-order valence-corrected chi connectivity index (χ1v) is 7.38. The summed E-state index contributed by atoms with van der Waals surface area (Å²) in [6.07, 6.45) is 0.446. The second-order valence-corrected chi connectivity index (χ2v) is 6.32. The maximum atomic E-state index is 11.8. The standard InChI is InChI=1S/C12H17NO4S/c1-8-4-5-10(18(3,16)17)6-11(8)12(15)13-7-9(2)14/h4-6,9,14H,7H2,1-3H3,(H,13,15)/t9-/m0/s1. The molecule has 0 radical (unpaired) electrons. The van der Waals surface area contributed by atoms with Gasteiger partial charge in [0.25, 0.3) is 5.91 Å². The highest BCUT2D eigenvalue weighted by atomic mass is 32.2. The maximum absolute atomic E-state index is 11.8. The molecule has 2 N–H and O–H groups in total. The molecule has 1 amide bonds. The molecule has 18 heavy (non-hydrogen) atoms. The molecule has 0 bridgehead atoms. The second-order valence-electron chi connectivity index (χ2n) is 4.31. The highest BCUT2D eigenvalue weighted by Crippen LogP contribution is 2.15. The Morgan fingerprint density at radius 1 is 1.44 bits per heavy atom. The van der Waals surface area contributed by atoms with E-state index in [0.717, 1.165) is 6.26 Å². The Bertz CT molecular complexity index is 549. The van der Waals surface area contributed by atoms with Gasteiger partial charge in [-0.1, -0.05) is 6.07 Å². The number of nitrogens with one attached hydrogen (secondary N) is 1. The van der Waals surface area contributed by atoms with Crippen molar-refractivity contribution in [2.45, 2.75) is 24.8 Å². The summed E-state index contributed by atoms with van der Waals surface area (Å²) in [4.78, 5) is 11.9. The van der Waals surface area contributed by atoms with Crippen LogP contribution in [0, 0.1) is 6.92 Å². The molecule has 0 aromatic heterocycles. The quantitative estimate of drug-likeness (QED) is 0.835. The van der Waals surface area contributed by atoms with Crippen LogP contribution in [0.1, 0.15) is 22.8 Å².